The zero-order chi connectivity index (χ0) is 14.0. The van der Waals surface area contributed by atoms with E-state index in [2.05, 4.69) is 29.8 Å². The fraction of sp³-hybridized carbons (Fsp3) is 0.533. The highest BCUT2D eigenvalue weighted by molar-refractivity contribution is 9.10. The molecule has 1 aromatic carbocycles. The molecule has 104 valence electrons. The predicted octanol–water partition coefficient (Wildman–Crippen LogP) is 4.75. The minimum absolute atomic E-state index is 0.114. The average molecular weight is 345 g/mol. The van der Waals surface area contributed by atoms with Gasteiger partial charge in [-0.1, -0.05) is 24.9 Å². The van der Waals surface area contributed by atoms with Crippen LogP contribution in [-0.2, 0) is 0 Å². The molecule has 1 heterocycles. The van der Waals surface area contributed by atoms with Gasteiger partial charge in [0.1, 0.15) is 0 Å². The highest BCUT2D eigenvalue weighted by atomic mass is 79.9. The number of hydrogen-bond acceptors (Lipinski definition) is 1. The van der Waals surface area contributed by atoms with Crippen LogP contribution in [0.5, 0.6) is 0 Å². The number of nitrogens with zero attached hydrogens (tertiary/aromatic N) is 1. The molecule has 0 spiro atoms. The first-order chi connectivity index (χ1) is 9.02. The molecule has 0 bridgehead atoms. The van der Waals surface area contributed by atoms with Crippen molar-refractivity contribution >= 4 is 33.4 Å². The standard InChI is InChI=1S/C15H19BrClNO/c1-3-11-5-4-10(2)18(9-11)15(19)12-6-7-14(17)13(16)8-12/h6-8,10-11H,3-5,9H2,1-2H3. The molecule has 0 N–H and O–H groups in total. The van der Waals surface area contributed by atoms with E-state index in [1.807, 2.05) is 11.0 Å². The van der Waals surface area contributed by atoms with Crippen LogP contribution in [0.25, 0.3) is 0 Å². The van der Waals surface area contributed by atoms with E-state index >= 15 is 0 Å². The van der Waals surface area contributed by atoms with Crippen molar-refractivity contribution in [2.75, 3.05) is 6.54 Å². The van der Waals surface area contributed by atoms with E-state index in [1.54, 1.807) is 12.1 Å². The van der Waals surface area contributed by atoms with Gasteiger partial charge in [0.25, 0.3) is 5.91 Å². The summed E-state index contributed by atoms with van der Waals surface area (Å²) in [6.45, 7) is 5.20. The van der Waals surface area contributed by atoms with Gasteiger partial charge < -0.3 is 4.90 Å². The number of carbonyl (C=O) groups is 1. The van der Waals surface area contributed by atoms with Crippen molar-refractivity contribution in [2.45, 2.75) is 39.2 Å². The van der Waals surface area contributed by atoms with E-state index in [-0.39, 0.29) is 5.91 Å². The summed E-state index contributed by atoms with van der Waals surface area (Å²) in [6, 6.07) is 5.71. The SMILES string of the molecule is CCC1CCC(C)N(C(=O)c2ccc(Cl)c(Br)c2)C1. The summed E-state index contributed by atoms with van der Waals surface area (Å²) in [7, 11) is 0. The average Bonchev–Trinajstić information content (AvgIpc) is 2.41. The lowest BCUT2D eigenvalue weighted by Crippen LogP contribution is -2.45. The maximum Gasteiger partial charge on any atom is 0.254 e. The predicted molar refractivity (Wildman–Crippen MR) is 82.7 cm³/mol. The van der Waals surface area contributed by atoms with Crippen LogP contribution >= 0.6 is 27.5 Å². The minimum Gasteiger partial charge on any atom is -0.336 e. The zero-order valence-electron chi connectivity index (χ0n) is 11.3. The number of halogens is 2. The number of hydrogen-bond donors (Lipinski definition) is 0. The smallest absolute Gasteiger partial charge is 0.254 e. The number of benzene rings is 1. The number of likely N-dealkylation sites (tertiary alicyclic amines) is 1. The van der Waals surface area contributed by atoms with Crippen molar-refractivity contribution in [3.63, 3.8) is 0 Å². The second kappa shape index (κ2) is 6.27. The van der Waals surface area contributed by atoms with Crippen LogP contribution in [-0.4, -0.2) is 23.4 Å². The van der Waals surface area contributed by atoms with E-state index in [0.717, 1.165) is 23.9 Å². The Morgan fingerprint density at radius 2 is 2.21 bits per heavy atom. The molecule has 4 heteroatoms. The molecule has 1 saturated heterocycles. The lowest BCUT2D eigenvalue weighted by Gasteiger charge is -2.38. The Kier molecular flexibility index (Phi) is 4.91. The van der Waals surface area contributed by atoms with Gasteiger partial charge in [0.05, 0.1) is 5.02 Å². The molecule has 2 rings (SSSR count). The van der Waals surface area contributed by atoms with Crippen LogP contribution in [0, 0.1) is 5.92 Å². The summed E-state index contributed by atoms with van der Waals surface area (Å²) in [5.41, 5.74) is 0.708. The van der Waals surface area contributed by atoms with Gasteiger partial charge in [-0.15, -0.1) is 0 Å². The summed E-state index contributed by atoms with van der Waals surface area (Å²) in [5, 5.41) is 0.634. The first-order valence-corrected chi connectivity index (χ1v) is 7.96. The van der Waals surface area contributed by atoms with Gasteiger partial charge in [0.2, 0.25) is 0 Å². The second-order valence-corrected chi connectivity index (χ2v) is 6.55. The van der Waals surface area contributed by atoms with Crippen molar-refractivity contribution in [1.29, 1.82) is 0 Å². The van der Waals surface area contributed by atoms with Crippen LogP contribution < -0.4 is 0 Å². The van der Waals surface area contributed by atoms with Crippen LogP contribution in [0.2, 0.25) is 5.02 Å². The molecule has 0 aliphatic carbocycles. The van der Waals surface area contributed by atoms with Crippen LogP contribution in [0.4, 0.5) is 0 Å². The number of carbonyl (C=O) groups excluding carboxylic acids is 1. The summed E-state index contributed by atoms with van der Waals surface area (Å²) in [5.74, 6) is 0.749. The van der Waals surface area contributed by atoms with Gasteiger partial charge in [-0.3, -0.25) is 4.79 Å². The third kappa shape index (κ3) is 3.32. The van der Waals surface area contributed by atoms with Crippen molar-refractivity contribution < 1.29 is 4.79 Å². The summed E-state index contributed by atoms with van der Waals surface area (Å²) < 4.78 is 0.775. The minimum atomic E-state index is 0.114. The second-order valence-electron chi connectivity index (χ2n) is 5.29. The van der Waals surface area contributed by atoms with Crippen molar-refractivity contribution in [3.05, 3.63) is 33.3 Å². The first kappa shape index (κ1) is 14.9. The molecular weight excluding hydrogens is 326 g/mol. The molecule has 1 amide bonds. The van der Waals surface area contributed by atoms with Crippen molar-refractivity contribution in [2.24, 2.45) is 5.92 Å². The molecule has 1 aliphatic rings. The molecule has 1 aromatic rings. The monoisotopic (exact) mass is 343 g/mol. The van der Waals surface area contributed by atoms with Gasteiger partial charge >= 0.3 is 0 Å². The topological polar surface area (TPSA) is 20.3 Å². The van der Waals surface area contributed by atoms with Crippen LogP contribution in [0.15, 0.2) is 22.7 Å². The van der Waals surface area contributed by atoms with Gasteiger partial charge in [0.15, 0.2) is 0 Å². The highest BCUT2D eigenvalue weighted by Crippen LogP contribution is 2.28. The fourth-order valence-electron chi connectivity index (χ4n) is 2.59. The third-order valence-electron chi connectivity index (χ3n) is 3.98. The molecule has 2 nitrogen and oxygen atoms in total. The Morgan fingerprint density at radius 3 is 2.84 bits per heavy atom. The van der Waals surface area contributed by atoms with E-state index in [9.17, 15) is 4.79 Å². The zero-order valence-corrected chi connectivity index (χ0v) is 13.7. The maximum atomic E-state index is 12.6. The van der Waals surface area contributed by atoms with E-state index in [4.69, 9.17) is 11.6 Å². The molecule has 0 aromatic heterocycles. The fourth-order valence-corrected chi connectivity index (χ4v) is 3.09. The van der Waals surface area contributed by atoms with Crippen LogP contribution in [0.3, 0.4) is 0 Å². The van der Waals surface area contributed by atoms with E-state index in [1.165, 1.54) is 6.42 Å². The quantitative estimate of drug-likeness (QED) is 0.758. The Balaban J connectivity index is 2.19. The van der Waals surface area contributed by atoms with E-state index < -0.39 is 0 Å². The lowest BCUT2D eigenvalue weighted by molar-refractivity contribution is 0.0556. The van der Waals surface area contributed by atoms with E-state index in [0.29, 0.717) is 22.5 Å². The largest absolute Gasteiger partial charge is 0.336 e. The molecule has 1 fully saturated rings. The normalized spacial score (nSPS) is 23.5. The van der Waals surface area contributed by atoms with Crippen molar-refractivity contribution in [1.82, 2.24) is 4.90 Å². The molecule has 2 unspecified atom stereocenters. The van der Waals surface area contributed by atoms with Crippen LogP contribution in [0.1, 0.15) is 43.5 Å². The van der Waals surface area contributed by atoms with Gasteiger partial charge in [-0.25, -0.2) is 0 Å². The molecule has 1 aliphatic heterocycles. The first-order valence-electron chi connectivity index (χ1n) is 6.79. The highest BCUT2D eigenvalue weighted by Gasteiger charge is 2.28. The molecule has 0 saturated carbocycles. The Hall–Kier alpha value is -0.540. The Bertz CT molecular complexity index is 477. The summed E-state index contributed by atoms with van der Waals surface area (Å²) in [6.07, 6.45) is 3.46. The summed E-state index contributed by atoms with van der Waals surface area (Å²) in [4.78, 5) is 14.6. The van der Waals surface area contributed by atoms with Gasteiger partial charge in [-0.2, -0.15) is 0 Å². The Labute approximate surface area is 128 Å². The maximum absolute atomic E-state index is 12.6. The molecule has 19 heavy (non-hydrogen) atoms. The molecular formula is C15H19BrClNO. The van der Waals surface area contributed by atoms with Crippen molar-refractivity contribution in [3.8, 4) is 0 Å². The molecule has 2 atom stereocenters. The van der Waals surface area contributed by atoms with Gasteiger partial charge in [-0.05, 0) is 59.8 Å². The number of piperidine rings is 1. The van der Waals surface area contributed by atoms with Gasteiger partial charge in [0, 0.05) is 22.6 Å². The lowest BCUT2D eigenvalue weighted by atomic mass is 9.91. The number of amides is 1. The summed E-state index contributed by atoms with van der Waals surface area (Å²) >= 11 is 9.35. The third-order valence-corrected chi connectivity index (χ3v) is 5.20. The Morgan fingerprint density at radius 1 is 1.47 bits per heavy atom. The number of rotatable bonds is 2. The molecule has 0 radical (unpaired) electrons.